The zero-order valence-corrected chi connectivity index (χ0v) is 13.7. The van der Waals surface area contributed by atoms with Crippen molar-refractivity contribution in [2.24, 2.45) is 0 Å². The van der Waals surface area contributed by atoms with Gasteiger partial charge in [-0.25, -0.2) is 0 Å². The average Bonchev–Trinajstić information content (AvgIpc) is 2.44. The van der Waals surface area contributed by atoms with Crippen LogP contribution in [0.1, 0.15) is 36.5 Å². The summed E-state index contributed by atoms with van der Waals surface area (Å²) < 4.78 is 0. The van der Waals surface area contributed by atoms with Crippen LogP contribution in [0.2, 0.25) is 0 Å². The van der Waals surface area contributed by atoms with Gasteiger partial charge in [0.05, 0.1) is 0 Å². The van der Waals surface area contributed by atoms with Crippen LogP contribution in [0.3, 0.4) is 0 Å². The van der Waals surface area contributed by atoms with Crippen LogP contribution in [-0.4, -0.2) is 5.11 Å². The monoisotopic (exact) mass is 296 g/mol. The molecule has 2 aromatic rings. The summed E-state index contributed by atoms with van der Waals surface area (Å²) >= 11 is 0. The number of anilines is 2. The van der Waals surface area contributed by atoms with Gasteiger partial charge in [-0.2, -0.15) is 0 Å². The normalized spacial score (nSPS) is 10.6. The van der Waals surface area contributed by atoms with Gasteiger partial charge in [-0.1, -0.05) is 38.1 Å². The molecule has 0 spiro atoms. The molecule has 0 saturated carbocycles. The van der Waals surface area contributed by atoms with Gasteiger partial charge < -0.3 is 15.7 Å². The van der Waals surface area contributed by atoms with Crippen LogP contribution in [0.5, 0.6) is 5.75 Å². The molecule has 3 heteroatoms. The summed E-state index contributed by atoms with van der Waals surface area (Å²) in [6.45, 7) is 12.2. The molecule has 0 saturated heterocycles. The minimum absolute atomic E-state index is 0.263. The van der Waals surface area contributed by atoms with E-state index in [-0.39, 0.29) is 5.92 Å². The third kappa shape index (κ3) is 3.82. The fourth-order valence-corrected chi connectivity index (χ4v) is 2.31. The Hall–Kier alpha value is -2.42. The first kappa shape index (κ1) is 16.0. The van der Waals surface area contributed by atoms with Crippen LogP contribution in [0.4, 0.5) is 11.4 Å². The molecule has 0 aliphatic heterocycles. The van der Waals surface area contributed by atoms with Gasteiger partial charge in [0.2, 0.25) is 0 Å². The molecule has 2 rings (SSSR count). The lowest BCUT2D eigenvalue weighted by Gasteiger charge is -2.17. The molecule has 0 fully saturated rings. The lowest BCUT2D eigenvalue weighted by atomic mass is 9.99. The summed E-state index contributed by atoms with van der Waals surface area (Å²) in [4.78, 5) is 0. The van der Waals surface area contributed by atoms with E-state index < -0.39 is 0 Å². The highest BCUT2D eigenvalue weighted by atomic mass is 16.3. The fourth-order valence-electron chi connectivity index (χ4n) is 2.31. The zero-order valence-electron chi connectivity index (χ0n) is 13.7. The number of phenols is 1. The Kier molecular flexibility index (Phi) is 4.76. The van der Waals surface area contributed by atoms with Crippen LogP contribution in [0, 0.1) is 13.8 Å². The third-order valence-electron chi connectivity index (χ3n) is 3.63. The molecule has 0 unspecified atom stereocenters. The number of hydrogen-bond donors (Lipinski definition) is 3. The van der Waals surface area contributed by atoms with Gasteiger partial charge in [-0.05, 0) is 55.2 Å². The molecule has 0 aliphatic carbocycles. The van der Waals surface area contributed by atoms with Crippen molar-refractivity contribution in [3.05, 3.63) is 65.5 Å². The predicted molar refractivity (Wildman–Crippen MR) is 94.5 cm³/mol. The summed E-state index contributed by atoms with van der Waals surface area (Å²) in [5, 5.41) is 16.5. The van der Waals surface area contributed by atoms with Gasteiger partial charge in [0.15, 0.2) is 0 Å². The molecule has 0 amide bonds. The van der Waals surface area contributed by atoms with Crippen LogP contribution in [0.25, 0.3) is 0 Å². The quantitative estimate of drug-likeness (QED) is 0.670. The van der Waals surface area contributed by atoms with Gasteiger partial charge in [0, 0.05) is 11.4 Å². The summed E-state index contributed by atoms with van der Waals surface area (Å²) in [6.07, 6.45) is 0. The molecule has 0 aliphatic rings. The molecule has 3 N–H and O–H groups in total. The van der Waals surface area contributed by atoms with E-state index in [1.165, 1.54) is 5.56 Å². The molecule has 0 bridgehead atoms. The minimum Gasteiger partial charge on any atom is -0.508 e. The molecule has 3 nitrogen and oxygen atoms in total. The number of nitrogens with one attached hydrogen (secondary N) is 2. The highest BCUT2D eigenvalue weighted by Crippen LogP contribution is 2.31. The lowest BCUT2D eigenvalue weighted by molar-refractivity contribution is 0.464. The maximum Gasteiger partial charge on any atom is 0.119 e. The van der Waals surface area contributed by atoms with Crippen LogP contribution in [0.15, 0.2) is 48.8 Å². The van der Waals surface area contributed by atoms with E-state index >= 15 is 0 Å². The van der Waals surface area contributed by atoms with Gasteiger partial charge >= 0.3 is 0 Å². The summed E-state index contributed by atoms with van der Waals surface area (Å²) in [7, 11) is 0. The second-order valence-electron chi connectivity index (χ2n) is 5.98. The number of rotatable bonds is 5. The smallest absolute Gasteiger partial charge is 0.119 e. The van der Waals surface area contributed by atoms with Crippen molar-refractivity contribution in [2.75, 3.05) is 10.6 Å². The molecular weight excluding hydrogens is 272 g/mol. The van der Waals surface area contributed by atoms with Gasteiger partial charge in [0.1, 0.15) is 11.6 Å². The Morgan fingerprint density at radius 2 is 1.68 bits per heavy atom. The molecule has 116 valence electrons. The van der Waals surface area contributed by atoms with Crippen molar-refractivity contribution in [3.8, 4) is 5.75 Å². The maximum absolute atomic E-state index is 10.0. The number of benzene rings is 2. The molecule has 0 radical (unpaired) electrons. The first-order valence-electron chi connectivity index (χ1n) is 7.50. The predicted octanol–water partition coefficient (Wildman–Crippen LogP) is 5.13. The molecule has 0 aromatic heterocycles. The first-order valence-corrected chi connectivity index (χ1v) is 7.50. The number of aryl methyl sites for hydroxylation is 2. The second kappa shape index (κ2) is 6.56. The molecule has 2 aromatic carbocycles. The van der Waals surface area contributed by atoms with Gasteiger partial charge in [-0.3, -0.25) is 0 Å². The number of phenolic OH excluding ortho intramolecular Hbond substituents is 1. The highest BCUT2D eigenvalue weighted by Gasteiger charge is 2.10. The molecular formula is C19H24N2O. The van der Waals surface area contributed by atoms with Crippen LogP contribution >= 0.6 is 0 Å². The largest absolute Gasteiger partial charge is 0.508 e. The lowest BCUT2D eigenvalue weighted by Crippen LogP contribution is -2.09. The molecule has 22 heavy (non-hydrogen) atoms. The van der Waals surface area contributed by atoms with E-state index in [9.17, 15) is 5.11 Å². The van der Waals surface area contributed by atoms with Crippen molar-refractivity contribution in [3.63, 3.8) is 0 Å². The third-order valence-corrected chi connectivity index (χ3v) is 3.63. The highest BCUT2D eigenvalue weighted by molar-refractivity contribution is 5.62. The summed E-state index contributed by atoms with van der Waals surface area (Å²) in [5.41, 5.74) is 5.07. The standard InChI is InChI=1S/C19H24N2O/c1-12(2)17-11-18(14(4)10-19(17)22)21-15(5)20-16-8-6-13(3)7-9-16/h6-12,20-22H,5H2,1-4H3. The molecule has 0 heterocycles. The van der Waals surface area contributed by atoms with Gasteiger partial charge in [0.25, 0.3) is 0 Å². The van der Waals surface area contributed by atoms with E-state index in [0.29, 0.717) is 11.6 Å². The number of hydrogen-bond acceptors (Lipinski definition) is 3. The Morgan fingerprint density at radius 3 is 2.27 bits per heavy atom. The average molecular weight is 296 g/mol. The Balaban J connectivity index is 2.14. The van der Waals surface area contributed by atoms with Crippen molar-refractivity contribution < 1.29 is 5.11 Å². The summed E-state index contributed by atoms with van der Waals surface area (Å²) in [6, 6.07) is 11.9. The Labute approximate surface area is 132 Å². The Bertz CT molecular complexity index is 673. The van der Waals surface area contributed by atoms with E-state index in [1.807, 2.05) is 25.1 Å². The molecule has 0 atom stereocenters. The van der Waals surface area contributed by atoms with Crippen molar-refractivity contribution in [1.29, 1.82) is 0 Å². The van der Waals surface area contributed by atoms with Crippen LogP contribution < -0.4 is 10.6 Å². The summed E-state index contributed by atoms with van der Waals surface area (Å²) in [5.74, 6) is 1.31. The topological polar surface area (TPSA) is 44.3 Å². The van der Waals surface area contributed by atoms with Crippen molar-refractivity contribution >= 4 is 11.4 Å². The minimum atomic E-state index is 0.263. The van der Waals surface area contributed by atoms with E-state index in [4.69, 9.17) is 0 Å². The number of aromatic hydroxyl groups is 1. The van der Waals surface area contributed by atoms with E-state index in [0.717, 1.165) is 22.5 Å². The maximum atomic E-state index is 10.0. The van der Waals surface area contributed by atoms with Crippen molar-refractivity contribution in [1.82, 2.24) is 0 Å². The Morgan fingerprint density at radius 1 is 1.05 bits per heavy atom. The van der Waals surface area contributed by atoms with E-state index in [2.05, 4.69) is 50.1 Å². The SMILES string of the molecule is C=C(Nc1ccc(C)cc1)Nc1cc(C(C)C)c(O)cc1C. The fraction of sp³-hybridized carbons (Fsp3) is 0.263. The van der Waals surface area contributed by atoms with E-state index in [1.54, 1.807) is 6.07 Å². The second-order valence-corrected chi connectivity index (χ2v) is 5.98. The zero-order chi connectivity index (χ0) is 16.3. The van der Waals surface area contributed by atoms with Gasteiger partial charge in [-0.15, -0.1) is 0 Å². The first-order chi connectivity index (χ1) is 10.4. The van der Waals surface area contributed by atoms with Crippen LogP contribution in [-0.2, 0) is 0 Å². The van der Waals surface area contributed by atoms with Crippen molar-refractivity contribution in [2.45, 2.75) is 33.6 Å².